The molecule has 1 aliphatic rings. The summed E-state index contributed by atoms with van der Waals surface area (Å²) in [5.41, 5.74) is 0.0574. The van der Waals surface area contributed by atoms with Gasteiger partial charge in [-0.25, -0.2) is 8.78 Å². The molecule has 14 heavy (non-hydrogen) atoms. The summed E-state index contributed by atoms with van der Waals surface area (Å²) in [5, 5.41) is 2.65. The van der Waals surface area contributed by atoms with Crippen LogP contribution >= 0.6 is 0 Å². The molecule has 2 rings (SSSR count). The molecule has 74 valence electrons. The van der Waals surface area contributed by atoms with Gasteiger partial charge in [-0.05, 0) is 24.6 Å². The molecule has 1 fully saturated rings. The van der Waals surface area contributed by atoms with Gasteiger partial charge in [-0.15, -0.1) is 0 Å². The molecule has 1 unspecified atom stereocenters. The number of benzene rings is 1. The lowest BCUT2D eigenvalue weighted by Gasteiger charge is -2.39. The zero-order valence-corrected chi connectivity index (χ0v) is 7.60. The van der Waals surface area contributed by atoms with E-state index in [-0.39, 0.29) is 5.91 Å². The number of nitrogens with one attached hydrogen (secondary N) is 1. The van der Waals surface area contributed by atoms with Crippen molar-refractivity contribution in [2.24, 2.45) is 0 Å². The van der Waals surface area contributed by atoms with Gasteiger partial charge in [0.15, 0.2) is 11.6 Å². The van der Waals surface area contributed by atoms with Crippen molar-refractivity contribution in [1.82, 2.24) is 5.32 Å². The van der Waals surface area contributed by atoms with Gasteiger partial charge in [0.1, 0.15) is 0 Å². The van der Waals surface area contributed by atoms with Crippen molar-refractivity contribution in [3.63, 3.8) is 0 Å². The van der Waals surface area contributed by atoms with Gasteiger partial charge < -0.3 is 5.32 Å². The SMILES string of the molecule is CC1(c2ccc(F)c(F)c2)CC(=O)N1. The molecule has 1 aromatic carbocycles. The first-order valence-electron chi connectivity index (χ1n) is 4.28. The molecule has 1 aliphatic heterocycles. The fraction of sp³-hybridized carbons (Fsp3) is 0.300. The lowest BCUT2D eigenvalue weighted by molar-refractivity contribution is -0.132. The third-order valence-electron chi connectivity index (χ3n) is 2.49. The minimum absolute atomic E-state index is 0.0720. The second-order valence-electron chi connectivity index (χ2n) is 3.69. The quantitative estimate of drug-likeness (QED) is 0.682. The molecule has 2 nitrogen and oxygen atoms in total. The van der Waals surface area contributed by atoms with Gasteiger partial charge in [0.05, 0.1) is 12.0 Å². The van der Waals surface area contributed by atoms with E-state index >= 15 is 0 Å². The number of hydrogen-bond donors (Lipinski definition) is 1. The number of halogens is 2. The van der Waals surface area contributed by atoms with Crippen molar-refractivity contribution in [2.75, 3.05) is 0 Å². The van der Waals surface area contributed by atoms with Crippen LogP contribution in [0.2, 0.25) is 0 Å². The van der Waals surface area contributed by atoms with E-state index in [2.05, 4.69) is 5.32 Å². The number of rotatable bonds is 1. The number of hydrogen-bond acceptors (Lipinski definition) is 1. The minimum atomic E-state index is -0.884. The molecule has 0 radical (unpaired) electrons. The molecular weight excluding hydrogens is 188 g/mol. The Labute approximate surface area is 79.9 Å². The summed E-state index contributed by atoms with van der Waals surface area (Å²) < 4.78 is 25.5. The second kappa shape index (κ2) is 2.77. The van der Waals surface area contributed by atoms with Crippen LogP contribution in [0, 0.1) is 11.6 Å². The monoisotopic (exact) mass is 197 g/mol. The van der Waals surface area contributed by atoms with Crippen LogP contribution in [0.4, 0.5) is 8.78 Å². The molecule has 1 N–H and O–H groups in total. The third-order valence-corrected chi connectivity index (χ3v) is 2.49. The van der Waals surface area contributed by atoms with Crippen molar-refractivity contribution in [3.8, 4) is 0 Å². The van der Waals surface area contributed by atoms with Crippen LogP contribution in [0.1, 0.15) is 18.9 Å². The summed E-state index contributed by atoms with van der Waals surface area (Å²) in [6.45, 7) is 1.78. The number of carbonyl (C=O) groups is 1. The van der Waals surface area contributed by atoms with E-state index in [1.165, 1.54) is 6.07 Å². The Bertz CT molecular complexity index is 395. The largest absolute Gasteiger partial charge is 0.346 e. The van der Waals surface area contributed by atoms with Crippen molar-refractivity contribution < 1.29 is 13.6 Å². The Morgan fingerprint density at radius 1 is 1.36 bits per heavy atom. The number of β-lactam (4-membered cyclic amide) rings is 1. The highest BCUT2D eigenvalue weighted by Crippen LogP contribution is 2.31. The summed E-state index contributed by atoms with van der Waals surface area (Å²) in [6, 6.07) is 3.67. The molecule has 1 aromatic rings. The van der Waals surface area contributed by atoms with Crippen molar-refractivity contribution in [1.29, 1.82) is 0 Å². The van der Waals surface area contributed by atoms with Crippen molar-refractivity contribution in [3.05, 3.63) is 35.4 Å². The smallest absolute Gasteiger partial charge is 0.223 e. The molecule has 1 heterocycles. The number of amides is 1. The molecule has 1 saturated heterocycles. The zero-order chi connectivity index (χ0) is 10.3. The Balaban J connectivity index is 2.34. The summed E-state index contributed by atoms with van der Waals surface area (Å²) >= 11 is 0. The van der Waals surface area contributed by atoms with Gasteiger partial charge in [0, 0.05) is 0 Å². The van der Waals surface area contributed by atoms with E-state index < -0.39 is 17.2 Å². The van der Waals surface area contributed by atoms with Gasteiger partial charge in [0.2, 0.25) is 5.91 Å². The average molecular weight is 197 g/mol. The van der Waals surface area contributed by atoms with Crippen LogP contribution in [0.15, 0.2) is 18.2 Å². The van der Waals surface area contributed by atoms with Crippen LogP contribution in [-0.4, -0.2) is 5.91 Å². The topological polar surface area (TPSA) is 29.1 Å². The molecule has 0 aromatic heterocycles. The fourth-order valence-corrected chi connectivity index (χ4v) is 1.62. The summed E-state index contributed by atoms with van der Waals surface area (Å²) in [6.07, 6.45) is 0.318. The van der Waals surface area contributed by atoms with Gasteiger partial charge in [-0.1, -0.05) is 6.07 Å². The highest BCUT2D eigenvalue weighted by atomic mass is 19.2. The molecule has 0 saturated carbocycles. The first-order chi connectivity index (χ1) is 6.51. The second-order valence-corrected chi connectivity index (χ2v) is 3.69. The molecule has 0 bridgehead atoms. The van der Waals surface area contributed by atoms with E-state index in [1.807, 2.05) is 0 Å². The van der Waals surface area contributed by atoms with Gasteiger partial charge in [0.25, 0.3) is 0 Å². The Morgan fingerprint density at radius 3 is 2.50 bits per heavy atom. The third kappa shape index (κ3) is 1.27. The summed E-state index contributed by atoms with van der Waals surface area (Å²) in [7, 11) is 0. The molecule has 0 aliphatic carbocycles. The van der Waals surface area contributed by atoms with Crippen LogP contribution < -0.4 is 5.32 Å². The normalized spacial score (nSPS) is 25.5. The summed E-state index contributed by atoms with van der Waals surface area (Å²) in [5.74, 6) is -1.83. The van der Waals surface area contributed by atoms with E-state index in [9.17, 15) is 13.6 Å². The zero-order valence-electron chi connectivity index (χ0n) is 7.60. The van der Waals surface area contributed by atoms with Gasteiger partial charge >= 0.3 is 0 Å². The van der Waals surface area contributed by atoms with Crippen LogP contribution in [0.25, 0.3) is 0 Å². The van der Waals surface area contributed by atoms with Crippen LogP contribution in [0.3, 0.4) is 0 Å². The fourth-order valence-electron chi connectivity index (χ4n) is 1.62. The van der Waals surface area contributed by atoms with Gasteiger partial charge in [-0.3, -0.25) is 4.79 Å². The van der Waals surface area contributed by atoms with Gasteiger partial charge in [-0.2, -0.15) is 0 Å². The highest BCUT2D eigenvalue weighted by molar-refractivity contribution is 5.85. The molecule has 0 spiro atoms. The maximum Gasteiger partial charge on any atom is 0.223 e. The maximum atomic E-state index is 12.9. The Morgan fingerprint density at radius 2 is 2.00 bits per heavy atom. The lowest BCUT2D eigenvalue weighted by Crippen LogP contribution is -2.56. The minimum Gasteiger partial charge on any atom is -0.346 e. The van der Waals surface area contributed by atoms with E-state index in [0.29, 0.717) is 12.0 Å². The highest BCUT2D eigenvalue weighted by Gasteiger charge is 2.40. The van der Waals surface area contributed by atoms with E-state index in [4.69, 9.17) is 0 Å². The number of carbonyl (C=O) groups excluding carboxylic acids is 1. The van der Waals surface area contributed by atoms with Crippen LogP contribution in [-0.2, 0) is 10.3 Å². The van der Waals surface area contributed by atoms with Crippen molar-refractivity contribution in [2.45, 2.75) is 18.9 Å². The first-order valence-corrected chi connectivity index (χ1v) is 4.28. The van der Waals surface area contributed by atoms with Crippen LogP contribution in [0.5, 0.6) is 0 Å². The molecular formula is C10H9F2NO. The Kier molecular flexibility index (Phi) is 1.80. The predicted octanol–water partition coefficient (Wildman–Crippen LogP) is 1.70. The standard InChI is InChI=1S/C10H9F2NO/c1-10(5-9(14)13-10)6-2-3-7(11)8(12)4-6/h2-4H,5H2,1H3,(H,13,14). The first kappa shape index (κ1) is 9.12. The average Bonchev–Trinajstić information content (AvgIpc) is 2.07. The van der Waals surface area contributed by atoms with Crippen molar-refractivity contribution >= 4 is 5.91 Å². The van der Waals surface area contributed by atoms with E-state index in [0.717, 1.165) is 12.1 Å². The summed E-state index contributed by atoms with van der Waals surface area (Å²) in [4.78, 5) is 10.8. The van der Waals surface area contributed by atoms with E-state index in [1.54, 1.807) is 6.92 Å². The molecule has 1 amide bonds. The Hall–Kier alpha value is -1.45. The molecule has 4 heteroatoms. The lowest BCUT2D eigenvalue weighted by atomic mass is 9.82. The maximum absolute atomic E-state index is 12.9. The predicted molar refractivity (Wildman–Crippen MR) is 46.5 cm³/mol. The molecule has 1 atom stereocenters.